The average molecular weight is 561 g/mol. The molecule has 0 saturated heterocycles. The van der Waals surface area contributed by atoms with E-state index in [1.807, 2.05) is 0 Å². The van der Waals surface area contributed by atoms with Crippen molar-refractivity contribution in [3.05, 3.63) is 61.2 Å². The number of alkyl halides is 1. The summed E-state index contributed by atoms with van der Waals surface area (Å²) in [5.41, 5.74) is 2.13. The van der Waals surface area contributed by atoms with Gasteiger partial charge in [-0.3, -0.25) is 9.79 Å². The number of nitrogens with one attached hydrogen (secondary N) is 1. The topological polar surface area (TPSA) is 89.9 Å². The van der Waals surface area contributed by atoms with Crippen molar-refractivity contribution in [2.45, 2.75) is 26.3 Å². The van der Waals surface area contributed by atoms with E-state index in [0.29, 0.717) is 55.4 Å². The molecular formula is C21H20BrCl2N3O4S. The van der Waals surface area contributed by atoms with Gasteiger partial charge >= 0.3 is 11.9 Å². The zero-order valence-electron chi connectivity index (χ0n) is 17.3. The number of carbonyl (C=O) groups is 2. The maximum absolute atomic E-state index is 12.8. The molecule has 32 heavy (non-hydrogen) atoms. The second-order valence-corrected chi connectivity index (χ2v) is 8.81. The van der Waals surface area contributed by atoms with Gasteiger partial charge in [0.2, 0.25) is 0 Å². The molecule has 2 aromatic rings. The number of halogens is 3. The molecule has 7 nitrogen and oxygen atoms in total. The molecule has 1 aromatic carbocycles. The summed E-state index contributed by atoms with van der Waals surface area (Å²) in [6, 6.07) is 4.31. The number of carbonyl (C=O) groups excluding carboxylic acids is 2. The van der Waals surface area contributed by atoms with E-state index in [4.69, 9.17) is 37.7 Å². The summed E-state index contributed by atoms with van der Waals surface area (Å²) in [6.45, 7) is 4.02. The summed E-state index contributed by atoms with van der Waals surface area (Å²) in [7, 11) is 0. The van der Waals surface area contributed by atoms with E-state index >= 15 is 0 Å². The van der Waals surface area contributed by atoms with Crippen molar-refractivity contribution in [2.24, 2.45) is 4.99 Å². The summed E-state index contributed by atoms with van der Waals surface area (Å²) in [6.07, 6.45) is 0.0687. The van der Waals surface area contributed by atoms with Crippen LogP contribution in [-0.2, 0) is 25.5 Å². The molecule has 0 amide bonds. The normalized spacial score (nSPS) is 15.8. The van der Waals surface area contributed by atoms with Crippen LogP contribution in [0.1, 0.15) is 36.2 Å². The predicted octanol–water partition coefficient (Wildman–Crippen LogP) is 4.86. The lowest BCUT2D eigenvalue weighted by molar-refractivity contribution is -0.142. The van der Waals surface area contributed by atoms with Crippen LogP contribution >= 0.6 is 50.5 Å². The summed E-state index contributed by atoms with van der Waals surface area (Å²) in [4.78, 5) is 33.9. The fraction of sp³-hybridized carbons (Fsp3) is 0.333. The highest BCUT2D eigenvalue weighted by molar-refractivity contribution is 9.09. The Bertz CT molecular complexity index is 1090. The van der Waals surface area contributed by atoms with Gasteiger partial charge in [-0.2, -0.15) is 0 Å². The number of thiazole rings is 1. The highest BCUT2D eigenvalue weighted by Crippen LogP contribution is 2.37. The minimum absolute atomic E-state index is 0.0687. The summed E-state index contributed by atoms with van der Waals surface area (Å²) in [5, 5.41) is 6.73. The number of ether oxygens (including phenoxy) is 2. The largest absolute Gasteiger partial charge is 0.466 e. The average Bonchev–Trinajstić information content (AvgIpc) is 3.21. The molecule has 1 aromatic heterocycles. The number of esters is 2. The number of rotatable bonds is 8. The lowest BCUT2D eigenvalue weighted by Gasteiger charge is -2.26. The number of benzene rings is 1. The van der Waals surface area contributed by atoms with Crippen molar-refractivity contribution in [3.63, 3.8) is 0 Å². The second-order valence-electron chi connectivity index (χ2n) is 6.54. The summed E-state index contributed by atoms with van der Waals surface area (Å²) >= 11 is 17.3. The number of aliphatic imine (C=N–C) groups is 1. The summed E-state index contributed by atoms with van der Waals surface area (Å²) in [5.74, 6) is -0.376. The van der Waals surface area contributed by atoms with Crippen molar-refractivity contribution in [1.29, 1.82) is 0 Å². The lowest BCUT2D eigenvalue weighted by atomic mass is 9.96. The quantitative estimate of drug-likeness (QED) is 0.366. The molecule has 0 fully saturated rings. The molecule has 3 rings (SSSR count). The number of allylic oxidation sites excluding steroid dienone is 1. The number of hydrogen-bond acceptors (Lipinski definition) is 8. The number of aromatic nitrogens is 1. The third kappa shape index (κ3) is 5.70. The molecule has 1 N–H and O–H groups in total. The number of nitrogens with zero attached hydrogens (tertiary/aromatic N) is 2. The zero-order chi connectivity index (χ0) is 23.3. The molecule has 11 heteroatoms. The first-order chi connectivity index (χ1) is 15.4. The van der Waals surface area contributed by atoms with Gasteiger partial charge in [0, 0.05) is 32.0 Å². The van der Waals surface area contributed by atoms with Crippen LogP contribution in [0.4, 0.5) is 0 Å². The van der Waals surface area contributed by atoms with E-state index in [1.165, 1.54) is 11.3 Å². The van der Waals surface area contributed by atoms with E-state index in [1.54, 1.807) is 37.4 Å². The third-order valence-corrected chi connectivity index (χ3v) is 6.42. The van der Waals surface area contributed by atoms with Gasteiger partial charge < -0.3 is 14.8 Å². The Kier molecular flexibility index (Phi) is 8.70. The fourth-order valence-electron chi connectivity index (χ4n) is 3.06. The third-order valence-electron chi connectivity index (χ3n) is 4.40. The summed E-state index contributed by atoms with van der Waals surface area (Å²) < 4.78 is 10.3. The molecule has 0 radical (unpaired) electrons. The molecule has 0 spiro atoms. The van der Waals surface area contributed by atoms with Crippen LogP contribution in [0.3, 0.4) is 0 Å². The van der Waals surface area contributed by atoms with Gasteiger partial charge in [-0.1, -0.05) is 45.2 Å². The van der Waals surface area contributed by atoms with Gasteiger partial charge in [0.05, 0.1) is 30.9 Å². The van der Waals surface area contributed by atoms with Gasteiger partial charge in [0.15, 0.2) is 10.8 Å². The van der Waals surface area contributed by atoms with Gasteiger partial charge in [0.25, 0.3) is 0 Å². The van der Waals surface area contributed by atoms with E-state index in [9.17, 15) is 9.59 Å². The minimum Gasteiger partial charge on any atom is -0.466 e. The van der Waals surface area contributed by atoms with E-state index in [0.717, 1.165) is 0 Å². The number of hydrogen-bond donors (Lipinski definition) is 1. The van der Waals surface area contributed by atoms with Crippen molar-refractivity contribution in [2.75, 3.05) is 18.5 Å². The first-order valence-electron chi connectivity index (χ1n) is 9.74. The SMILES string of the molecule is CCOC(=O)Cc1csc(C2=NC(c3ccc(Cl)cc3Cl)C(C(=O)OCC)=C(CBr)N2)n1. The molecule has 0 bridgehead atoms. The Morgan fingerprint density at radius 3 is 2.62 bits per heavy atom. The van der Waals surface area contributed by atoms with Gasteiger partial charge in [-0.05, 0) is 26.0 Å². The van der Waals surface area contributed by atoms with Crippen LogP contribution in [0.2, 0.25) is 10.0 Å². The van der Waals surface area contributed by atoms with Crippen molar-refractivity contribution >= 4 is 68.2 Å². The first-order valence-corrected chi connectivity index (χ1v) is 12.5. The molecule has 170 valence electrons. The molecular weight excluding hydrogens is 541 g/mol. The maximum Gasteiger partial charge on any atom is 0.338 e. The molecule has 1 atom stereocenters. The van der Waals surface area contributed by atoms with Crippen LogP contribution in [0.5, 0.6) is 0 Å². The molecule has 0 aliphatic carbocycles. The van der Waals surface area contributed by atoms with Crippen molar-refractivity contribution in [1.82, 2.24) is 10.3 Å². The van der Waals surface area contributed by atoms with Crippen LogP contribution in [0.25, 0.3) is 0 Å². The lowest BCUT2D eigenvalue weighted by Crippen LogP contribution is -2.34. The van der Waals surface area contributed by atoms with E-state index in [2.05, 4.69) is 26.2 Å². The molecule has 1 aliphatic rings. The van der Waals surface area contributed by atoms with Crippen LogP contribution in [0.15, 0.2) is 39.8 Å². The Labute approximate surface area is 208 Å². The maximum atomic E-state index is 12.8. The van der Waals surface area contributed by atoms with Crippen molar-refractivity contribution < 1.29 is 19.1 Å². The van der Waals surface area contributed by atoms with Crippen LogP contribution in [-0.4, -0.2) is 41.3 Å². The predicted molar refractivity (Wildman–Crippen MR) is 129 cm³/mol. The highest BCUT2D eigenvalue weighted by atomic mass is 79.9. The number of amidine groups is 1. The van der Waals surface area contributed by atoms with E-state index < -0.39 is 12.0 Å². The minimum atomic E-state index is -0.722. The zero-order valence-corrected chi connectivity index (χ0v) is 21.2. The monoisotopic (exact) mass is 559 g/mol. The molecule has 1 unspecified atom stereocenters. The van der Waals surface area contributed by atoms with E-state index in [-0.39, 0.29) is 19.0 Å². The fourth-order valence-corrected chi connectivity index (χ4v) is 4.79. The van der Waals surface area contributed by atoms with Gasteiger partial charge in [-0.25, -0.2) is 9.78 Å². The molecule has 0 saturated carbocycles. The highest BCUT2D eigenvalue weighted by Gasteiger charge is 2.33. The standard InChI is InChI=1S/C21H20BrCl2N3O4S/c1-3-30-16(28)8-12-10-32-20(25-12)19-26-15(9-22)17(21(29)31-4-2)18(27-19)13-6-5-11(23)7-14(13)24/h5-7,10,18H,3-4,8-9H2,1-2H3,(H,26,27). The van der Waals surface area contributed by atoms with Gasteiger partial charge in [-0.15, -0.1) is 11.3 Å². The van der Waals surface area contributed by atoms with Crippen LogP contribution < -0.4 is 5.32 Å². The smallest absolute Gasteiger partial charge is 0.338 e. The van der Waals surface area contributed by atoms with Gasteiger partial charge in [0.1, 0.15) is 6.04 Å². The van der Waals surface area contributed by atoms with Crippen LogP contribution in [0, 0.1) is 0 Å². The molecule has 2 heterocycles. The van der Waals surface area contributed by atoms with Crippen molar-refractivity contribution in [3.8, 4) is 0 Å². The second kappa shape index (κ2) is 11.3. The Balaban J connectivity index is 2.03. The Hall–Kier alpha value is -1.94. The Morgan fingerprint density at radius 1 is 1.22 bits per heavy atom. The first kappa shape index (κ1) is 24.7. The molecule has 1 aliphatic heterocycles. The Morgan fingerprint density at radius 2 is 1.97 bits per heavy atom.